The summed E-state index contributed by atoms with van der Waals surface area (Å²) >= 11 is 1.98. The van der Waals surface area contributed by atoms with Gasteiger partial charge in [-0.15, -0.1) is 0 Å². The highest BCUT2D eigenvalue weighted by atomic mass is 32.2. The zero-order valence-electron chi connectivity index (χ0n) is 13.3. The number of amides is 2. The van der Waals surface area contributed by atoms with Crippen LogP contribution < -0.4 is 0 Å². The van der Waals surface area contributed by atoms with Crippen molar-refractivity contribution >= 4 is 17.8 Å². The number of carbonyl (C=O) groups excluding carboxylic acids is 1. The number of benzene rings is 1. The van der Waals surface area contributed by atoms with Crippen LogP contribution in [0.15, 0.2) is 30.3 Å². The van der Waals surface area contributed by atoms with Crippen LogP contribution in [0.3, 0.4) is 0 Å². The smallest absolute Gasteiger partial charge is 0.320 e. The molecular formula is C17H25N3OS. The maximum Gasteiger partial charge on any atom is 0.320 e. The molecule has 4 nitrogen and oxygen atoms in total. The Kier molecular flexibility index (Phi) is 5.26. The molecule has 1 aromatic rings. The van der Waals surface area contributed by atoms with Crippen LogP contribution in [0.25, 0.3) is 0 Å². The van der Waals surface area contributed by atoms with Crippen LogP contribution in [0.2, 0.25) is 0 Å². The van der Waals surface area contributed by atoms with Gasteiger partial charge in [0.1, 0.15) is 0 Å². The molecule has 120 valence electrons. The lowest BCUT2D eigenvalue weighted by molar-refractivity contribution is 0.124. The first kappa shape index (κ1) is 15.7. The third kappa shape index (κ3) is 3.76. The van der Waals surface area contributed by atoms with Gasteiger partial charge in [0, 0.05) is 50.3 Å². The molecule has 3 rings (SSSR count). The third-order valence-electron chi connectivity index (χ3n) is 4.56. The summed E-state index contributed by atoms with van der Waals surface area (Å²) in [6, 6.07) is 10.9. The SMILES string of the molecule is CN1CCN(C(=O)N2CCSC(c3ccccc3)CC2)CC1. The first-order chi connectivity index (χ1) is 10.7. The average Bonchev–Trinajstić information content (AvgIpc) is 2.82. The molecule has 1 atom stereocenters. The summed E-state index contributed by atoms with van der Waals surface area (Å²) in [5.41, 5.74) is 1.39. The fourth-order valence-electron chi connectivity index (χ4n) is 3.09. The molecule has 1 aromatic carbocycles. The minimum Gasteiger partial charge on any atom is -0.324 e. The Morgan fingerprint density at radius 3 is 2.41 bits per heavy atom. The van der Waals surface area contributed by atoms with Crippen molar-refractivity contribution in [1.82, 2.24) is 14.7 Å². The number of hydrogen-bond acceptors (Lipinski definition) is 3. The summed E-state index contributed by atoms with van der Waals surface area (Å²) in [5, 5.41) is 0.520. The van der Waals surface area contributed by atoms with Gasteiger partial charge in [-0.3, -0.25) is 0 Å². The summed E-state index contributed by atoms with van der Waals surface area (Å²) in [5.74, 6) is 1.03. The number of rotatable bonds is 1. The van der Waals surface area contributed by atoms with Gasteiger partial charge in [0.05, 0.1) is 0 Å². The monoisotopic (exact) mass is 319 g/mol. The second-order valence-corrected chi connectivity index (χ2v) is 7.43. The number of hydrogen-bond donors (Lipinski definition) is 0. The molecular weight excluding hydrogens is 294 g/mol. The van der Waals surface area contributed by atoms with Gasteiger partial charge in [0.15, 0.2) is 0 Å². The van der Waals surface area contributed by atoms with Gasteiger partial charge < -0.3 is 14.7 Å². The van der Waals surface area contributed by atoms with Gasteiger partial charge in [0.2, 0.25) is 0 Å². The molecule has 0 N–H and O–H groups in total. The largest absolute Gasteiger partial charge is 0.324 e. The number of likely N-dealkylation sites (N-methyl/N-ethyl adjacent to an activating group) is 1. The highest BCUT2D eigenvalue weighted by Gasteiger charge is 2.27. The van der Waals surface area contributed by atoms with Crippen LogP contribution in [0.5, 0.6) is 0 Å². The van der Waals surface area contributed by atoms with Crippen molar-refractivity contribution in [2.45, 2.75) is 11.7 Å². The minimum absolute atomic E-state index is 0.238. The van der Waals surface area contributed by atoms with Crippen LogP contribution in [-0.2, 0) is 0 Å². The number of carbonyl (C=O) groups is 1. The number of urea groups is 1. The van der Waals surface area contributed by atoms with E-state index in [9.17, 15) is 4.79 Å². The molecule has 0 saturated carbocycles. The van der Waals surface area contributed by atoms with Crippen molar-refractivity contribution in [3.63, 3.8) is 0 Å². The lowest BCUT2D eigenvalue weighted by Gasteiger charge is -2.35. The molecule has 0 aromatic heterocycles. The summed E-state index contributed by atoms with van der Waals surface area (Å²) in [6.45, 7) is 5.45. The zero-order valence-corrected chi connectivity index (χ0v) is 14.1. The van der Waals surface area contributed by atoms with E-state index in [1.165, 1.54) is 5.56 Å². The molecule has 2 amide bonds. The predicted molar refractivity (Wildman–Crippen MR) is 92.3 cm³/mol. The Hall–Kier alpha value is -1.20. The van der Waals surface area contributed by atoms with E-state index < -0.39 is 0 Å². The van der Waals surface area contributed by atoms with Crippen LogP contribution in [0, 0.1) is 0 Å². The Balaban J connectivity index is 1.57. The maximum atomic E-state index is 12.7. The van der Waals surface area contributed by atoms with Gasteiger partial charge in [-0.2, -0.15) is 11.8 Å². The van der Waals surface area contributed by atoms with Crippen LogP contribution in [0.4, 0.5) is 4.79 Å². The predicted octanol–water partition coefficient (Wildman–Crippen LogP) is 2.53. The van der Waals surface area contributed by atoms with E-state index in [1.54, 1.807) is 0 Å². The van der Waals surface area contributed by atoms with E-state index in [0.29, 0.717) is 5.25 Å². The molecule has 2 aliphatic rings. The van der Waals surface area contributed by atoms with Crippen molar-refractivity contribution in [2.75, 3.05) is 52.1 Å². The first-order valence-electron chi connectivity index (χ1n) is 8.13. The van der Waals surface area contributed by atoms with Gasteiger partial charge >= 0.3 is 6.03 Å². The molecule has 0 bridgehead atoms. The minimum atomic E-state index is 0.238. The van der Waals surface area contributed by atoms with E-state index in [0.717, 1.165) is 51.4 Å². The van der Waals surface area contributed by atoms with Crippen molar-refractivity contribution < 1.29 is 4.79 Å². The highest BCUT2D eigenvalue weighted by Crippen LogP contribution is 2.34. The Labute approximate surface area is 137 Å². The molecule has 0 radical (unpaired) electrons. The fraction of sp³-hybridized carbons (Fsp3) is 0.588. The van der Waals surface area contributed by atoms with E-state index in [2.05, 4.69) is 47.2 Å². The molecule has 0 spiro atoms. The maximum absolute atomic E-state index is 12.7. The van der Waals surface area contributed by atoms with Crippen LogP contribution >= 0.6 is 11.8 Å². The molecule has 0 aliphatic carbocycles. The topological polar surface area (TPSA) is 26.8 Å². The van der Waals surface area contributed by atoms with Crippen molar-refractivity contribution in [3.8, 4) is 0 Å². The lowest BCUT2D eigenvalue weighted by atomic mass is 10.1. The van der Waals surface area contributed by atoms with Gasteiger partial charge in [-0.1, -0.05) is 30.3 Å². The summed E-state index contributed by atoms with van der Waals surface area (Å²) < 4.78 is 0. The van der Waals surface area contributed by atoms with Crippen molar-refractivity contribution in [2.24, 2.45) is 0 Å². The summed E-state index contributed by atoms with van der Waals surface area (Å²) in [4.78, 5) is 19.0. The number of piperazine rings is 1. The van der Waals surface area contributed by atoms with Gasteiger partial charge in [-0.05, 0) is 19.0 Å². The van der Waals surface area contributed by atoms with Gasteiger partial charge in [-0.25, -0.2) is 4.79 Å². The normalized spacial score (nSPS) is 24.1. The zero-order chi connectivity index (χ0) is 15.4. The van der Waals surface area contributed by atoms with E-state index >= 15 is 0 Å². The Morgan fingerprint density at radius 1 is 1.00 bits per heavy atom. The van der Waals surface area contributed by atoms with Crippen molar-refractivity contribution in [3.05, 3.63) is 35.9 Å². The first-order valence-corrected chi connectivity index (χ1v) is 9.18. The Morgan fingerprint density at radius 2 is 1.68 bits per heavy atom. The molecule has 5 heteroatoms. The molecule has 22 heavy (non-hydrogen) atoms. The molecule has 2 saturated heterocycles. The fourth-order valence-corrected chi connectivity index (χ4v) is 4.32. The number of nitrogens with zero attached hydrogens (tertiary/aromatic N) is 3. The average molecular weight is 319 g/mol. The van der Waals surface area contributed by atoms with E-state index in [1.807, 2.05) is 16.7 Å². The summed E-state index contributed by atoms with van der Waals surface area (Å²) in [6.07, 6.45) is 1.05. The van der Waals surface area contributed by atoms with Crippen LogP contribution in [0.1, 0.15) is 17.2 Å². The number of thioether (sulfide) groups is 1. The molecule has 1 unspecified atom stereocenters. The summed E-state index contributed by atoms with van der Waals surface area (Å²) in [7, 11) is 2.12. The quantitative estimate of drug-likeness (QED) is 0.796. The van der Waals surface area contributed by atoms with E-state index in [-0.39, 0.29) is 6.03 Å². The van der Waals surface area contributed by atoms with Crippen molar-refractivity contribution in [1.29, 1.82) is 0 Å². The van der Waals surface area contributed by atoms with Crippen LogP contribution in [-0.4, -0.2) is 72.8 Å². The lowest BCUT2D eigenvalue weighted by Crippen LogP contribution is -2.52. The third-order valence-corrected chi connectivity index (χ3v) is 5.89. The van der Waals surface area contributed by atoms with E-state index in [4.69, 9.17) is 0 Å². The standard InChI is InChI=1S/C17H25N3OS/c1-18-9-11-20(12-10-18)17(21)19-8-7-16(22-14-13-19)15-5-3-2-4-6-15/h2-6,16H,7-14H2,1H3. The second kappa shape index (κ2) is 7.38. The second-order valence-electron chi connectivity index (χ2n) is 6.12. The molecule has 2 fully saturated rings. The highest BCUT2D eigenvalue weighted by molar-refractivity contribution is 7.99. The molecule has 2 aliphatic heterocycles. The molecule has 2 heterocycles. The van der Waals surface area contributed by atoms with Gasteiger partial charge in [0.25, 0.3) is 0 Å². The Bertz CT molecular complexity index is 488.